The molecular formula is C19H16F3N3O2. The Kier molecular flexibility index (Phi) is 5.44. The number of rotatable bonds is 6. The van der Waals surface area contributed by atoms with Gasteiger partial charge in [0.25, 0.3) is 5.91 Å². The third kappa shape index (κ3) is 5.34. The Balaban J connectivity index is 1.62. The van der Waals surface area contributed by atoms with Gasteiger partial charge in [-0.15, -0.1) is 13.2 Å². The first-order valence-electron chi connectivity index (χ1n) is 8.09. The van der Waals surface area contributed by atoms with Crippen molar-refractivity contribution in [1.29, 1.82) is 0 Å². The van der Waals surface area contributed by atoms with Gasteiger partial charge < -0.3 is 10.1 Å². The van der Waals surface area contributed by atoms with Crippen molar-refractivity contribution in [3.63, 3.8) is 0 Å². The molecule has 0 bridgehead atoms. The lowest BCUT2D eigenvalue weighted by molar-refractivity contribution is -0.274. The van der Waals surface area contributed by atoms with Crippen molar-refractivity contribution in [2.24, 2.45) is 0 Å². The SMILES string of the molecule is O=C(NCc1ccccc1Cn1cccn1)c1ccc(OC(F)(F)F)cc1. The molecule has 27 heavy (non-hydrogen) atoms. The molecule has 140 valence electrons. The van der Waals surface area contributed by atoms with Crippen molar-refractivity contribution < 1.29 is 22.7 Å². The molecule has 0 saturated carbocycles. The zero-order valence-corrected chi connectivity index (χ0v) is 14.1. The molecule has 0 radical (unpaired) electrons. The van der Waals surface area contributed by atoms with Gasteiger partial charge in [-0.1, -0.05) is 24.3 Å². The maximum Gasteiger partial charge on any atom is 0.573 e. The second kappa shape index (κ2) is 7.94. The lowest BCUT2D eigenvalue weighted by atomic mass is 10.1. The maximum absolute atomic E-state index is 12.3. The number of nitrogens with zero attached hydrogens (tertiary/aromatic N) is 2. The van der Waals surface area contributed by atoms with Crippen LogP contribution in [0.3, 0.4) is 0 Å². The van der Waals surface area contributed by atoms with Crippen molar-refractivity contribution in [2.75, 3.05) is 0 Å². The zero-order valence-electron chi connectivity index (χ0n) is 14.1. The Morgan fingerprint density at radius 2 is 1.74 bits per heavy atom. The minimum Gasteiger partial charge on any atom is -0.406 e. The van der Waals surface area contributed by atoms with E-state index >= 15 is 0 Å². The number of hydrogen-bond acceptors (Lipinski definition) is 3. The Morgan fingerprint density at radius 3 is 2.37 bits per heavy atom. The second-order valence-corrected chi connectivity index (χ2v) is 5.73. The van der Waals surface area contributed by atoms with Crippen LogP contribution in [0.5, 0.6) is 5.75 Å². The first-order chi connectivity index (χ1) is 12.9. The highest BCUT2D eigenvalue weighted by molar-refractivity contribution is 5.94. The molecule has 3 rings (SSSR count). The molecular weight excluding hydrogens is 359 g/mol. The summed E-state index contributed by atoms with van der Waals surface area (Å²) in [5, 5.41) is 6.94. The van der Waals surface area contributed by atoms with Crippen molar-refractivity contribution in [3.05, 3.63) is 83.7 Å². The fourth-order valence-electron chi connectivity index (χ4n) is 2.54. The van der Waals surface area contributed by atoms with Gasteiger partial charge in [-0.2, -0.15) is 5.10 Å². The van der Waals surface area contributed by atoms with Crippen LogP contribution in [0.1, 0.15) is 21.5 Å². The number of carbonyl (C=O) groups excluding carboxylic acids is 1. The second-order valence-electron chi connectivity index (χ2n) is 5.73. The van der Waals surface area contributed by atoms with Gasteiger partial charge in [0.1, 0.15) is 5.75 Å². The van der Waals surface area contributed by atoms with Gasteiger partial charge in [0.05, 0.1) is 6.54 Å². The maximum atomic E-state index is 12.3. The van der Waals surface area contributed by atoms with Crippen LogP contribution in [0.2, 0.25) is 0 Å². The van der Waals surface area contributed by atoms with Gasteiger partial charge in [-0.25, -0.2) is 0 Å². The fourth-order valence-corrected chi connectivity index (χ4v) is 2.54. The van der Waals surface area contributed by atoms with E-state index in [1.807, 2.05) is 36.5 Å². The molecule has 1 amide bonds. The normalized spacial score (nSPS) is 11.2. The minimum absolute atomic E-state index is 0.245. The summed E-state index contributed by atoms with van der Waals surface area (Å²) in [4.78, 5) is 12.3. The van der Waals surface area contributed by atoms with E-state index in [0.717, 1.165) is 23.3 Å². The van der Waals surface area contributed by atoms with Gasteiger partial charge in [0.15, 0.2) is 0 Å². The largest absolute Gasteiger partial charge is 0.573 e. The summed E-state index contributed by atoms with van der Waals surface area (Å²) in [5.74, 6) is -0.758. The van der Waals surface area contributed by atoms with Crippen molar-refractivity contribution in [1.82, 2.24) is 15.1 Å². The van der Waals surface area contributed by atoms with Crippen molar-refractivity contribution in [2.45, 2.75) is 19.5 Å². The van der Waals surface area contributed by atoms with Crippen LogP contribution in [0, 0.1) is 0 Å². The molecule has 0 aliphatic rings. The predicted octanol–water partition coefficient (Wildman–Crippen LogP) is 3.76. The number of aromatic nitrogens is 2. The third-order valence-corrected chi connectivity index (χ3v) is 3.80. The molecule has 0 saturated heterocycles. The highest BCUT2D eigenvalue weighted by atomic mass is 19.4. The average molecular weight is 375 g/mol. The summed E-state index contributed by atoms with van der Waals surface area (Å²) in [6.45, 7) is 0.861. The number of nitrogens with one attached hydrogen (secondary N) is 1. The van der Waals surface area contributed by atoms with Crippen molar-refractivity contribution >= 4 is 5.91 Å². The highest BCUT2D eigenvalue weighted by Crippen LogP contribution is 2.22. The number of carbonyl (C=O) groups is 1. The standard InChI is InChI=1S/C19H16F3N3O2/c20-19(21,22)27-17-8-6-14(7-9-17)18(26)23-12-15-4-1-2-5-16(15)13-25-11-3-10-24-25/h1-11H,12-13H2,(H,23,26). The summed E-state index contributed by atoms with van der Waals surface area (Å²) in [5.41, 5.74) is 2.18. The molecule has 0 unspecified atom stereocenters. The van der Waals surface area contributed by atoms with E-state index in [0.29, 0.717) is 6.54 Å². The van der Waals surface area contributed by atoms with E-state index in [1.54, 1.807) is 10.9 Å². The Labute approximate surface area is 153 Å². The monoisotopic (exact) mass is 375 g/mol. The molecule has 3 aromatic rings. The molecule has 1 heterocycles. The zero-order chi connectivity index (χ0) is 19.3. The summed E-state index contributed by atoms with van der Waals surface area (Å²) >= 11 is 0. The third-order valence-electron chi connectivity index (χ3n) is 3.80. The van der Waals surface area contributed by atoms with Crippen LogP contribution in [-0.2, 0) is 13.1 Å². The highest BCUT2D eigenvalue weighted by Gasteiger charge is 2.31. The van der Waals surface area contributed by atoms with Crippen LogP contribution in [-0.4, -0.2) is 22.1 Å². The Morgan fingerprint density at radius 1 is 1.04 bits per heavy atom. The van der Waals surface area contributed by atoms with Crippen molar-refractivity contribution in [3.8, 4) is 5.75 Å². The average Bonchev–Trinajstić information content (AvgIpc) is 3.13. The van der Waals surface area contributed by atoms with E-state index in [9.17, 15) is 18.0 Å². The Bertz CT molecular complexity index is 891. The molecule has 0 aliphatic heterocycles. The molecule has 8 heteroatoms. The smallest absolute Gasteiger partial charge is 0.406 e. The number of benzene rings is 2. The lowest BCUT2D eigenvalue weighted by Crippen LogP contribution is -2.23. The van der Waals surface area contributed by atoms with Gasteiger partial charge in [-0.05, 0) is 41.5 Å². The number of halogens is 3. The molecule has 1 aromatic heterocycles. The van der Waals surface area contributed by atoms with E-state index in [2.05, 4.69) is 15.2 Å². The number of hydrogen-bond donors (Lipinski definition) is 1. The van der Waals surface area contributed by atoms with Crippen LogP contribution < -0.4 is 10.1 Å². The quantitative estimate of drug-likeness (QED) is 0.714. The fraction of sp³-hybridized carbons (Fsp3) is 0.158. The number of amides is 1. The topological polar surface area (TPSA) is 56.2 Å². The van der Waals surface area contributed by atoms with Crippen LogP contribution >= 0.6 is 0 Å². The van der Waals surface area contributed by atoms with Crippen LogP contribution in [0.25, 0.3) is 0 Å². The molecule has 0 atom stereocenters. The summed E-state index contributed by atoms with van der Waals surface area (Å²) in [6.07, 6.45) is -1.22. The summed E-state index contributed by atoms with van der Waals surface area (Å²) < 4.78 is 42.1. The van der Waals surface area contributed by atoms with Gasteiger partial charge >= 0.3 is 6.36 Å². The first-order valence-corrected chi connectivity index (χ1v) is 8.09. The summed E-state index contributed by atoms with van der Waals surface area (Å²) in [6, 6.07) is 14.2. The molecule has 0 spiro atoms. The van der Waals surface area contributed by atoms with Crippen LogP contribution in [0.15, 0.2) is 67.0 Å². The van der Waals surface area contributed by atoms with Crippen LogP contribution in [0.4, 0.5) is 13.2 Å². The molecule has 2 aromatic carbocycles. The van der Waals surface area contributed by atoms with E-state index in [1.165, 1.54) is 12.1 Å². The molecule has 0 fully saturated rings. The molecule has 1 N–H and O–H groups in total. The summed E-state index contributed by atoms with van der Waals surface area (Å²) in [7, 11) is 0. The number of ether oxygens (including phenoxy) is 1. The lowest BCUT2D eigenvalue weighted by Gasteiger charge is -2.12. The van der Waals surface area contributed by atoms with E-state index < -0.39 is 6.36 Å². The minimum atomic E-state index is -4.76. The Hall–Kier alpha value is -3.29. The van der Waals surface area contributed by atoms with Gasteiger partial charge in [0, 0.05) is 24.5 Å². The first kappa shape index (κ1) is 18.5. The number of alkyl halides is 3. The van der Waals surface area contributed by atoms with E-state index in [-0.39, 0.29) is 23.8 Å². The van der Waals surface area contributed by atoms with Gasteiger partial charge in [-0.3, -0.25) is 9.48 Å². The van der Waals surface area contributed by atoms with Gasteiger partial charge in [0.2, 0.25) is 0 Å². The molecule has 5 nitrogen and oxygen atoms in total. The predicted molar refractivity (Wildman–Crippen MR) is 92.1 cm³/mol. The van der Waals surface area contributed by atoms with E-state index in [4.69, 9.17) is 0 Å². The molecule has 0 aliphatic carbocycles.